The molecule has 44 heavy (non-hydrogen) atoms. The summed E-state index contributed by atoms with van der Waals surface area (Å²) < 4.78 is 58.9. The molecule has 0 saturated carbocycles. The Bertz CT molecular complexity index is 2480. The van der Waals surface area contributed by atoms with Gasteiger partial charge in [-0.25, -0.2) is 0 Å². The second-order valence-corrected chi connectivity index (χ2v) is 11.9. The number of carbonyl (C=O) groups excluding carboxylic acids is 2. The quantitative estimate of drug-likeness (QED) is 0.287. The number of fused-ring (bicyclic) bond motifs is 13. The number of rotatable bonds is 3. The number of methoxy groups -OCH3 is 1. The molecule has 0 aliphatic carbocycles. The zero-order chi connectivity index (χ0) is 34.4. The summed E-state index contributed by atoms with van der Waals surface area (Å²) in [6.45, 7) is 1.89. The Labute approximate surface area is 259 Å². The lowest BCUT2D eigenvalue weighted by atomic mass is 9.91. The maximum atomic E-state index is 14.3. The minimum Gasteiger partial charge on any atom is -0.374 e. The fraction of sp³-hybridized carbons (Fsp3) is 0.257. The molecule has 9 heteroatoms. The SMILES string of the molecule is [2H]c1c([2H])c([2H])c(C(=O)N(C)[C@@H]2C[C@H]3O[C@@](C)([C@@H]2OC)n2c4ccccc4c4c5c(c6c7ccccc7n3c6c42)C(=O)N[C@H]5O)c([2H])c1[2H]. The van der Waals surface area contributed by atoms with Crippen LogP contribution >= 0.6 is 0 Å². The fourth-order valence-corrected chi connectivity index (χ4v) is 8.12. The van der Waals surface area contributed by atoms with Crippen LogP contribution in [0.2, 0.25) is 0 Å². The summed E-state index contributed by atoms with van der Waals surface area (Å²) in [6.07, 6.45) is -2.56. The van der Waals surface area contributed by atoms with Gasteiger partial charge in [-0.3, -0.25) is 9.59 Å². The number of benzene rings is 4. The van der Waals surface area contributed by atoms with Crippen molar-refractivity contribution in [3.63, 3.8) is 0 Å². The number of ether oxygens (including phenoxy) is 2. The van der Waals surface area contributed by atoms with Crippen LogP contribution in [0.3, 0.4) is 0 Å². The van der Waals surface area contributed by atoms with Gasteiger partial charge in [0, 0.05) is 53.3 Å². The van der Waals surface area contributed by atoms with E-state index in [1.165, 1.54) is 12.0 Å². The third-order valence-corrected chi connectivity index (χ3v) is 9.78. The van der Waals surface area contributed by atoms with Crippen molar-refractivity contribution in [1.82, 2.24) is 19.4 Å². The molecule has 3 aliphatic rings. The van der Waals surface area contributed by atoms with Crippen LogP contribution < -0.4 is 5.32 Å². The van der Waals surface area contributed by atoms with E-state index in [1.54, 1.807) is 7.05 Å². The average Bonchev–Trinajstić information content (AvgIpc) is 3.70. The molecule has 2 aromatic heterocycles. The Kier molecular flexibility index (Phi) is 4.16. The standard InChI is InChI=1S/C35H30N4O5/c1-35-31(43-3)23(37(2)34(42)18-11-5-4-6-12-18)17-24(44-35)38-21-15-9-7-13-19(21)25-27-28(33(41)36-32(27)40)26-20-14-8-10-16-22(20)39(35)30(26)29(25)38/h4-16,23-24,31,33,41H,17H2,1-3H3,(H,36,40)/t23-,24-,31-,33+,35+/m1/s1/i4D,5D,6D,11D,12D. The van der Waals surface area contributed by atoms with Crippen LogP contribution in [0, 0.1) is 0 Å². The third kappa shape index (κ3) is 2.99. The van der Waals surface area contributed by atoms with Crippen molar-refractivity contribution in [2.45, 2.75) is 43.7 Å². The van der Waals surface area contributed by atoms with Crippen molar-refractivity contribution in [2.24, 2.45) is 0 Å². The molecular formula is C35H30N4O5. The lowest BCUT2D eigenvalue weighted by Crippen LogP contribution is -2.61. The normalized spacial score (nSPS) is 27.2. The van der Waals surface area contributed by atoms with Crippen LogP contribution in [0.4, 0.5) is 0 Å². The largest absolute Gasteiger partial charge is 0.374 e. The molecule has 220 valence electrons. The molecule has 6 aromatic rings. The molecule has 0 spiro atoms. The Balaban J connectivity index is 1.38. The lowest BCUT2D eigenvalue weighted by molar-refractivity contribution is -0.264. The van der Waals surface area contributed by atoms with Crippen LogP contribution in [0.25, 0.3) is 43.6 Å². The summed E-state index contributed by atoms with van der Waals surface area (Å²) >= 11 is 0. The van der Waals surface area contributed by atoms with Crippen LogP contribution in [-0.2, 0) is 15.2 Å². The molecule has 5 heterocycles. The van der Waals surface area contributed by atoms with E-state index in [0.29, 0.717) is 21.9 Å². The Morgan fingerprint density at radius 2 is 1.75 bits per heavy atom. The number of amides is 2. The molecule has 1 fully saturated rings. The molecule has 5 atom stereocenters. The van der Waals surface area contributed by atoms with E-state index in [-0.39, 0.29) is 12.3 Å². The summed E-state index contributed by atoms with van der Waals surface area (Å²) in [5, 5.41) is 17.1. The zero-order valence-corrected chi connectivity index (χ0v) is 24.1. The monoisotopic (exact) mass is 591 g/mol. The highest BCUT2D eigenvalue weighted by Gasteiger charge is 2.55. The summed E-state index contributed by atoms with van der Waals surface area (Å²) in [7, 11) is 3.08. The maximum absolute atomic E-state index is 14.3. The molecule has 0 radical (unpaired) electrons. The number of carbonyl (C=O) groups is 2. The second-order valence-electron chi connectivity index (χ2n) is 11.9. The molecule has 9 nitrogen and oxygen atoms in total. The fourth-order valence-electron chi connectivity index (χ4n) is 8.12. The zero-order valence-electron chi connectivity index (χ0n) is 29.1. The number of hydrogen-bond acceptors (Lipinski definition) is 5. The van der Waals surface area contributed by atoms with Gasteiger partial charge in [-0.15, -0.1) is 0 Å². The molecule has 0 unspecified atom stereocenters. The lowest BCUT2D eigenvalue weighted by Gasteiger charge is -2.50. The van der Waals surface area contributed by atoms with Gasteiger partial charge in [-0.1, -0.05) is 54.5 Å². The molecule has 2 amide bonds. The van der Waals surface area contributed by atoms with Crippen LogP contribution in [0.1, 0.15) is 58.9 Å². The van der Waals surface area contributed by atoms with Crippen molar-refractivity contribution in [3.8, 4) is 0 Å². The summed E-state index contributed by atoms with van der Waals surface area (Å²) in [5.74, 6) is -1.12. The topological polar surface area (TPSA) is 98.0 Å². The first-order valence-electron chi connectivity index (χ1n) is 17.0. The molecule has 9 rings (SSSR count). The highest BCUT2D eigenvalue weighted by Crippen LogP contribution is 2.55. The Hall–Kier alpha value is -4.70. The van der Waals surface area contributed by atoms with Gasteiger partial charge in [0.25, 0.3) is 11.8 Å². The van der Waals surface area contributed by atoms with Gasteiger partial charge >= 0.3 is 0 Å². The number of aromatic nitrogens is 2. The number of aliphatic hydroxyl groups is 1. The average molecular weight is 592 g/mol. The Morgan fingerprint density at radius 3 is 2.48 bits per heavy atom. The highest BCUT2D eigenvalue weighted by molar-refractivity contribution is 6.31. The highest BCUT2D eigenvalue weighted by atomic mass is 16.6. The first kappa shape index (κ1) is 21.1. The minimum atomic E-state index is -1.29. The predicted molar refractivity (Wildman–Crippen MR) is 166 cm³/mol. The molecule has 1 saturated heterocycles. The van der Waals surface area contributed by atoms with E-state index in [9.17, 15) is 14.7 Å². The second kappa shape index (κ2) is 8.69. The van der Waals surface area contributed by atoms with E-state index < -0.39 is 72.0 Å². The summed E-state index contributed by atoms with van der Waals surface area (Å²) in [5.41, 5.74) is 2.23. The van der Waals surface area contributed by atoms with Crippen molar-refractivity contribution in [2.75, 3.05) is 14.2 Å². The maximum Gasteiger partial charge on any atom is 0.254 e. The first-order chi connectivity index (χ1) is 23.4. The smallest absolute Gasteiger partial charge is 0.254 e. The van der Waals surface area contributed by atoms with Gasteiger partial charge in [-0.2, -0.15) is 0 Å². The van der Waals surface area contributed by atoms with Gasteiger partial charge < -0.3 is 33.9 Å². The van der Waals surface area contributed by atoms with Crippen LogP contribution in [0.15, 0.2) is 78.7 Å². The first-order valence-corrected chi connectivity index (χ1v) is 14.5. The van der Waals surface area contributed by atoms with E-state index in [2.05, 4.69) is 9.88 Å². The summed E-state index contributed by atoms with van der Waals surface area (Å²) in [6, 6.07) is 11.7. The van der Waals surface area contributed by atoms with E-state index in [4.69, 9.17) is 16.3 Å². The molecule has 4 aromatic carbocycles. The van der Waals surface area contributed by atoms with E-state index in [0.717, 1.165) is 32.8 Å². The third-order valence-electron chi connectivity index (χ3n) is 9.78. The van der Waals surface area contributed by atoms with Gasteiger partial charge in [0.1, 0.15) is 12.3 Å². The number of likely N-dealkylation sites (N-methyl/N-ethyl adjacent to an activating group) is 1. The number of aliphatic hydroxyl groups excluding tert-OH is 1. The Morgan fingerprint density at radius 1 is 1.07 bits per heavy atom. The van der Waals surface area contributed by atoms with Crippen molar-refractivity contribution in [3.05, 3.63) is 95.4 Å². The van der Waals surface area contributed by atoms with Gasteiger partial charge in [0.05, 0.1) is 40.5 Å². The molecule has 3 aliphatic heterocycles. The summed E-state index contributed by atoms with van der Waals surface area (Å²) in [4.78, 5) is 29.3. The van der Waals surface area contributed by atoms with Gasteiger partial charge in [0.15, 0.2) is 12.0 Å². The van der Waals surface area contributed by atoms with Gasteiger partial charge in [0.2, 0.25) is 0 Å². The predicted octanol–water partition coefficient (Wildman–Crippen LogP) is 5.40. The molecular weight excluding hydrogens is 556 g/mol. The number of nitrogens with one attached hydrogen (secondary N) is 1. The number of nitrogens with zero attached hydrogens (tertiary/aromatic N) is 3. The number of para-hydroxylation sites is 2. The van der Waals surface area contributed by atoms with Crippen LogP contribution in [0.5, 0.6) is 0 Å². The molecule has 2 bridgehead atoms. The number of hydrogen-bond donors (Lipinski definition) is 2. The van der Waals surface area contributed by atoms with E-state index >= 15 is 0 Å². The van der Waals surface area contributed by atoms with Gasteiger partial charge in [-0.05, 0) is 31.1 Å². The van der Waals surface area contributed by atoms with Crippen molar-refractivity contribution < 1.29 is 31.0 Å². The van der Waals surface area contributed by atoms with E-state index in [1.807, 2.05) is 60.0 Å². The van der Waals surface area contributed by atoms with Crippen molar-refractivity contribution >= 4 is 55.4 Å². The minimum absolute atomic E-state index is 0.207. The van der Waals surface area contributed by atoms with Crippen LogP contribution in [-0.4, -0.2) is 57.3 Å². The van der Waals surface area contributed by atoms with Crippen molar-refractivity contribution in [1.29, 1.82) is 0 Å². The molecule has 2 N–H and O–H groups in total.